The summed E-state index contributed by atoms with van der Waals surface area (Å²) >= 11 is 1.57. The number of nitrogens with zero attached hydrogens (tertiary/aromatic N) is 1. The standard InChI is InChI=1S/C14H25N3O2S/c1-9(2)12(18)14(4,5)8-17-13(19)16-7-11-6-15-10(3)20-11/h6,9,12,18H,7-8H2,1-5H3,(H2,16,17,19)/t12-/m1/s1. The highest BCUT2D eigenvalue weighted by molar-refractivity contribution is 7.11. The highest BCUT2D eigenvalue weighted by atomic mass is 32.1. The second-order valence-corrected chi connectivity index (χ2v) is 7.38. The largest absolute Gasteiger partial charge is 0.392 e. The molecule has 20 heavy (non-hydrogen) atoms. The van der Waals surface area contributed by atoms with Gasteiger partial charge >= 0.3 is 6.03 Å². The van der Waals surface area contributed by atoms with Crippen LogP contribution >= 0.6 is 11.3 Å². The summed E-state index contributed by atoms with van der Waals surface area (Å²) in [5.41, 5.74) is -0.355. The summed E-state index contributed by atoms with van der Waals surface area (Å²) in [4.78, 5) is 16.9. The zero-order chi connectivity index (χ0) is 15.3. The molecule has 1 atom stereocenters. The Labute approximate surface area is 124 Å². The number of aliphatic hydroxyl groups excluding tert-OH is 1. The van der Waals surface area contributed by atoms with Gasteiger partial charge in [0.1, 0.15) is 0 Å². The minimum Gasteiger partial charge on any atom is -0.392 e. The van der Waals surface area contributed by atoms with Crippen molar-refractivity contribution in [3.8, 4) is 0 Å². The van der Waals surface area contributed by atoms with E-state index in [0.717, 1.165) is 9.88 Å². The average molecular weight is 299 g/mol. The fourth-order valence-corrected chi connectivity index (χ4v) is 2.77. The van der Waals surface area contributed by atoms with Crippen LogP contribution in [0.4, 0.5) is 4.79 Å². The lowest BCUT2D eigenvalue weighted by Gasteiger charge is -2.33. The van der Waals surface area contributed by atoms with Gasteiger partial charge in [-0.05, 0) is 12.8 Å². The van der Waals surface area contributed by atoms with Crippen LogP contribution in [0.2, 0.25) is 0 Å². The van der Waals surface area contributed by atoms with E-state index in [1.807, 2.05) is 34.6 Å². The Morgan fingerprint density at radius 3 is 2.60 bits per heavy atom. The molecule has 5 nitrogen and oxygen atoms in total. The first-order valence-electron chi connectivity index (χ1n) is 6.83. The van der Waals surface area contributed by atoms with Crippen molar-refractivity contribution >= 4 is 17.4 Å². The van der Waals surface area contributed by atoms with Crippen molar-refractivity contribution in [3.05, 3.63) is 16.1 Å². The van der Waals surface area contributed by atoms with Gasteiger partial charge < -0.3 is 15.7 Å². The van der Waals surface area contributed by atoms with Gasteiger partial charge in [0.15, 0.2) is 0 Å². The minimum absolute atomic E-state index is 0.162. The van der Waals surface area contributed by atoms with Crippen LogP contribution in [0.5, 0.6) is 0 Å². The topological polar surface area (TPSA) is 74.2 Å². The highest BCUT2D eigenvalue weighted by Gasteiger charge is 2.30. The molecule has 0 aliphatic rings. The molecular formula is C14H25N3O2S. The number of rotatable bonds is 6. The van der Waals surface area contributed by atoms with E-state index in [1.165, 1.54) is 0 Å². The molecule has 3 N–H and O–H groups in total. The van der Waals surface area contributed by atoms with Gasteiger partial charge in [-0.3, -0.25) is 0 Å². The third-order valence-electron chi connectivity index (χ3n) is 3.23. The van der Waals surface area contributed by atoms with Crippen LogP contribution < -0.4 is 10.6 Å². The summed E-state index contributed by atoms with van der Waals surface area (Å²) in [5, 5.41) is 16.7. The number of aromatic nitrogens is 1. The first-order chi connectivity index (χ1) is 9.22. The lowest BCUT2D eigenvalue weighted by molar-refractivity contribution is 0.0151. The van der Waals surface area contributed by atoms with Crippen molar-refractivity contribution in [2.24, 2.45) is 11.3 Å². The molecule has 1 aromatic heterocycles. The van der Waals surface area contributed by atoms with E-state index >= 15 is 0 Å². The summed E-state index contributed by atoms with van der Waals surface area (Å²) in [7, 11) is 0. The molecule has 0 radical (unpaired) electrons. The van der Waals surface area contributed by atoms with E-state index in [2.05, 4.69) is 15.6 Å². The van der Waals surface area contributed by atoms with Crippen molar-refractivity contribution in [1.82, 2.24) is 15.6 Å². The quantitative estimate of drug-likeness (QED) is 0.754. The maximum Gasteiger partial charge on any atom is 0.315 e. The van der Waals surface area contributed by atoms with Crippen LogP contribution in [0.1, 0.15) is 37.6 Å². The zero-order valence-corrected chi connectivity index (χ0v) is 13.7. The number of aliphatic hydroxyl groups is 1. The zero-order valence-electron chi connectivity index (χ0n) is 12.9. The third-order valence-corrected chi connectivity index (χ3v) is 4.14. The lowest BCUT2D eigenvalue weighted by Crippen LogP contribution is -2.46. The number of hydrogen-bond donors (Lipinski definition) is 3. The minimum atomic E-state index is -0.452. The first-order valence-corrected chi connectivity index (χ1v) is 7.65. The summed E-state index contributed by atoms with van der Waals surface area (Å²) < 4.78 is 0. The van der Waals surface area contributed by atoms with E-state index in [-0.39, 0.29) is 17.4 Å². The molecule has 0 aliphatic heterocycles. The van der Waals surface area contributed by atoms with E-state index in [9.17, 15) is 9.90 Å². The number of carbonyl (C=O) groups excluding carboxylic acids is 1. The predicted octanol–water partition coefficient (Wildman–Crippen LogP) is 2.29. The average Bonchev–Trinajstić information content (AvgIpc) is 2.78. The number of urea groups is 1. The smallest absolute Gasteiger partial charge is 0.315 e. The number of amides is 2. The van der Waals surface area contributed by atoms with Gasteiger partial charge in [0, 0.05) is 23.0 Å². The number of carbonyl (C=O) groups is 1. The van der Waals surface area contributed by atoms with E-state index in [1.54, 1.807) is 17.5 Å². The van der Waals surface area contributed by atoms with Crippen LogP contribution in [-0.4, -0.2) is 28.8 Å². The van der Waals surface area contributed by atoms with Crippen LogP contribution in [0.25, 0.3) is 0 Å². The molecule has 0 aliphatic carbocycles. The molecule has 0 unspecified atom stereocenters. The molecule has 0 aromatic carbocycles. The summed E-state index contributed by atoms with van der Waals surface area (Å²) in [6.45, 7) is 10.7. The molecule has 0 bridgehead atoms. The summed E-state index contributed by atoms with van der Waals surface area (Å²) in [5.74, 6) is 0.162. The van der Waals surface area contributed by atoms with Crippen molar-refractivity contribution in [3.63, 3.8) is 0 Å². The molecule has 1 rings (SSSR count). The molecule has 0 saturated heterocycles. The van der Waals surface area contributed by atoms with E-state index < -0.39 is 6.10 Å². The second kappa shape index (κ2) is 7.04. The van der Waals surface area contributed by atoms with Crippen molar-refractivity contribution in [1.29, 1.82) is 0 Å². The molecule has 0 saturated carbocycles. The number of aryl methyl sites for hydroxylation is 1. The lowest BCUT2D eigenvalue weighted by atomic mass is 9.81. The second-order valence-electron chi connectivity index (χ2n) is 6.06. The molecule has 2 amide bonds. The van der Waals surface area contributed by atoms with Gasteiger partial charge in [-0.2, -0.15) is 0 Å². The van der Waals surface area contributed by atoms with Crippen molar-refractivity contribution in [2.75, 3.05) is 6.54 Å². The third kappa shape index (κ3) is 5.09. The summed E-state index contributed by atoms with van der Waals surface area (Å²) in [6, 6.07) is -0.222. The fourth-order valence-electron chi connectivity index (χ4n) is 2.03. The maximum absolute atomic E-state index is 11.7. The Morgan fingerprint density at radius 2 is 2.10 bits per heavy atom. The number of thiazole rings is 1. The summed E-state index contributed by atoms with van der Waals surface area (Å²) in [6.07, 6.45) is 1.32. The Balaban J connectivity index is 2.36. The molecular weight excluding hydrogens is 274 g/mol. The van der Waals surface area contributed by atoms with Crippen LogP contribution in [-0.2, 0) is 6.54 Å². The monoisotopic (exact) mass is 299 g/mol. The Bertz CT molecular complexity index is 443. The Hall–Kier alpha value is -1.14. The van der Waals surface area contributed by atoms with E-state index in [4.69, 9.17) is 0 Å². The van der Waals surface area contributed by atoms with Gasteiger partial charge in [0.25, 0.3) is 0 Å². The van der Waals surface area contributed by atoms with Gasteiger partial charge in [-0.25, -0.2) is 9.78 Å². The van der Waals surface area contributed by atoms with Crippen molar-refractivity contribution in [2.45, 2.75) is 47.3 Å². The van der Waals surface area contributed by atoms with Crippen molar-refractivity contribution < 1.29 is 9.90 Å². The number of hydrogen-bond acceptors (Lipinski definition) is 4. The van der Waals surface area contributed by atoms with Crippen LogP contribution in [0.3, 0.4) is 0 Å². The predicted molar refractivity (Wildman–Crippen MR) is 81.7 cm³/mol. The molecule has 114 valence electrons. The fraction of sp³-hybridized carbons (Fsp3) is 0.714. The number of nitrogens with one attached hydrogen (secondary N) is 2. The molecule has 6 heteroatoms. The Morgan fingerprint density at radius 1 is 1.45 bits per heavy atom. The maximum atomic E-state index is 11.7. The molecule has 1 heterocycles. The van der Waals surface area contributed by atoms with Gasteiger partial charge in [0.05, 0.1) is 17.7 Å². The van der Waals surface area contributed by atoms with Gasteiger partial charge in [-0.1, -0.05) is 27.7 Å². The normalized spacial score (nSPS) is 13.3. The molecule has 0 fully saturated rings. The highest BCUT2D eigenvalue weighted by Crippen LogP contribution is 2.24. The van der Waals surface area contributed by atoms with Crippen LogP contribution in [0, 0.1) is 18.3 Å². The van der Waals surface area contributed by atoms with Gasteiger partial charge in [-0.15, -0.1) is 11.3 Å². The van der Waals surface area contributed by atoms with Gasteiger partial charge in [0.2, 0.25) is 0 Å². The van der Waals surface area contributed by atoms with E-state index in [0.29, 0.717) is 13.1 Å². The first kappa shape index (κ1) is 16.9. The van der Waals surface area contributed by atoms with Crippen LogP contribution in [0.15, 0.2) is 6.20 Å². The Kier molecular flexibility index (Phi) is 5.95. The molecule has 1 aromatic rings. The molecule has 0 spiro atoms. The SMILES string of the molecule is Cc1ncc(CNC(=O)NCC(C)(C)[C@H](O)C(C)C)s1.